The molecule has 34 heavy (non-hydrogen) atoms. The van der Waals surface area contributed by atoms with Crippen molar-refractivity contribution in [1.82, 2.24) is 4.90 Å². The van der Waals surface area contributed by atoms with Gasteiger partial charge < -0.3 is 15.1 Å². The van der Waals surface area contributed by atoms with Crippen LogP contribution in [0.25, 0.3) is 0 Å². The summed E-state index contributed by atoms with van der Waals surface area (Å²) in [7, 11) is 0. The molecular formula is C30H61NO3. The first-order chi connectivity index (χ1) is 16.5. The molecule has 204 valence electrons. The number of amides is 1. The van der Waals surface area contributed by atoms with E-state index in [0.717, 1.165) is 19.3 Å². The number of unbranched alkanes of at least 4 members (excludes halogenated alkanes) is 16. The summed E-state index contributed by atoms with van der Waals surface area (Å²) in [5.41, 5.74) is 0. The Hall–Kier alpha value is -0.610. The molecular weight excluding hydrogens is 422 g/mol. The number of hydrogen-bond donors (Lipinski definition) is 2. The normalized spacial score (nSPS) is 13.2. The molecule has 0 radical (unpaired) electrons. The molecule has 0 aromatic heterocycles. The van der Waals surface area contributed by atoms with Gasteiger partial charge in [0.05, 0.1) is 12.7 Å². The van der Waals surface area contributed by atoms with Gasteiger partial charge in [0.25, 0.3) is 0 Å². The summed E-state index contributed by atoms with van der Waals surface area (Å²) in [6.45, 7) is 7.44. The van der Waals surface area contributed by atoms with Gasteiger partial charge in [-0.3, -0.25) is 4.79 Å². The van der Waals surface area contributed by atoms with Gasteiger partial charge in [-0.15, -0.1) is 0 Å². The molecule has 4 heteroatoms. The van der Waals surface area contributed by atoms with E-state index in [1.807, 2.05) is 0 Å². The SMILES string of the molecule is CCCCCCCCCCCCCCCCN(CC(O)CO)C(=O)CCC(C)CCCCCC. The number of hydrogen-bond acceptors (Lipinski definition) is 3. The summed E-state index contributed by atoms with van der Waals surface area (Å²) < 4.78 is 0. The van der Waals surface area contributed by atoms with Crippen LogP contribution in [0.1, 0.15) is 156 Å². The van der Waals surface area contributed by atoms with E-state index in [-0.39, 0.29) is 19.1 Å². The van der Waals surface area contributed by atoms with Gasteiger partial charge in [0.2, 0.25) is 5.91 Å². The van der Waals surface area contributed by atoms with Gasteiger partial charge in [-0.25, -0.2) is 0 Å². The van der Waals surface area contributed by atoms with E-state index in [1.165, 1.54) is 109 Å². The van der Waals surface area contributed by atoms with Crippen molar-refractivity contribution in [1.29, 1.82) is 0 Å². The zero-order valence-electron chi connectivity index (χ0n) is 23.4. The first-order valence-corrected chi connectivity index (χ1v) is 15.1. The Morgan fingerprint density at radius 2 is 1.12 bits per heavy atom. The molecule has 2 N–H and O–H groups in total. The second kappa shape index (κ2) is 25.5. The van der Waals surface area contributed by atoms with Gasteiger partial charge in [-0.2, -0.15) is 0 Å². The molecule has 0 aliphatic rings. The van der Waals surface area contributed by atoms with E-state index in [4.69, 9.17) is 0 Å². The molecule has 0 aromatic rings. The summed E-state index contributed by atoms with van der Waals surface area (Å²) in [5, 5.41) is 19.1. The topological polar surface area (TPSA) is 60.8 Å². The fourth-order valence-corrected chi connectivity index (χ4v) is 4.72. The number of aliphatic hydroxyl groups excluding tert-OH is 2. The Balaban J connectivity index is 3.89. The highest BCUT2D eigenvalue weighted by atomic mass is 16.3. The van der Waals surface area contributed by atoms with Crippen LogP contribution < -0.4 is 0 Å². The van der Waals surface area contributed by atoms with Crippen molar-refractivity contribution < 1.29 is 15.0 Å². The van der Waals surface area contributed by atoms with Gasteiger partial charge in [0, 0.05) is 19.5 Å². The van der Waals surface area contributed by atoms with Crippen molar-refractivity contribution in [3.63, 3.8) is 0 Å². The molecule has 0 fully saturated rings. The number of aliphatic hydroxyl groups is 2. The maximum absolute atomic E-state index is 12.8. The lowest BCUT2D eigenvalue weighted by molar-refractivity contribution is -0.133. The molecule has 0 rings (SSSR count). The summed E-state index contributed by atoms with van der Waals surface area (Å²) in [5.74, 6) is 0.717. The fraction of sp³-hybridized carbons (Fsp3) is 0.967. The molecule has 0 spiro atoms. The third kappa shape index (κ3) is 21.9. The highest BCUT2D eigenvalue weighted by molar-refractivity contribution is 5.76. The lowest BCUT2D eigenvalue weighted by Crippen LogP contribution is -2.39. The Bertz CT molecular complexity index is 429. The minimum absolute atomic E-state index is 0.141. The molecule has 0 aliphatic carbocycles. The first kappa shape index (κ1) is 33.4. The van der Waals surface area contributed by atoms with Gasteiger partial charge >= 0.3 is 0 Å². The van der Waals surface area contributed by atoms with Crippen LogP contribution in [0.2, 0.25) is 0 Å². The zero-order valence-corrected chi connectivity index (χ0v) is 23.4. The minimum atomic E-state index is -0.831. The van der Waals surface area contributed by atoms with Crippen molar-refractivity contribution >= 4 is 5.91 Å². The first-order valence-electron chi connectivity index (χ1n) is 15.1. The van der Waals surface area contributed by atoms with E-state index >= 15 is 0 Å². The second-order valence-electron chi connectivity index (χ2n) is 10.8. The molecule has 0 heterocycles. The van der Waals surface area contributed by atoms with Gasteiger partial charge in [-0.05, 0) is 18.8 Å². The van der Waals surface area contributed by atoms with E-state index in [9.17, 15) is 15.0 Å². The molecule has 0 aromatic carbocycles. The molecule has 4 nitrogen and oxygen atoms in total. The van der Waals surface area contributed by atoms with Crippen LogP contribution in [-0.4, -0.2) is 46.8 Å². The molecule has 0 saturated heterocycles. The smallest absolute Gasteiger partial charge is 0.222 e. The van der Waals surface area contributed by atoms with Crippen molar-refractivity contribution in [3.05, 3.63) is 0 Å². The summed E-state index contributed by atoms with van der Waals surface area (Å²) >= 11 is 0. The van der Waals surface area contributed by atoms with E-state index in [2.05, 4.69) is 20.8 Å². The van der Waals surface area contributed by atoms with Gasteiger partial charge in [0.15, 0.2) is 0 Å². The molecule has 0 saturated carbocycles. The maximum Gasteiger partial charge on any atom is 0.222 e. The molecule has 2 atom stereocenters. The Morgan fingerprint density at radius 3 is 1.59 bits per heavy atom. The van der Waals surface area contributed by atoms with Crippen molar-refractivity contribution in [3.8, 4) is 0 Å². The van der Waals surface area contributed by atoms with Crippen molar-refractivity contribution in [2.45, 2.75) is 162 Å². The third-order valence-electron chi connectivity index (χ3n) is 7.18. The quantitative estimate of drug-likeness (QED) is 0.122. The van der Waals surface area contributed by atoms with E-state index in [1.54, 1.807) is 4.90 Å². The predicted molar refractivity (Wildman–Crippen MR) is 147 cm³/mol. The second-order valence-corrected chi connectivity index (χ2v) is 10.8. The Kier molecular flexibility index (Phi) is 25.0. The van der Waals surface area contributed by atoms with Crippen LogP contribution in [0, 0.1) is 5.92 Å². The van der Waals surface area contributed by atoms with E-state index < -0.39 is 6.10 Å². The number of nitrogens with zero attached hydrogens (tertiary/aromatic N) is 1. The summed E-state index contributed by atoms with van der Waals surface area (Å²) in [4.78, 5) is 14.6. The predicted octanol–water partition coefficient (Wildman–Crippen LogP) is 8.04. The summed E-state index contributed by atoms with van der Waals surface area (Å²) in [6.07, 6.45) is 25.5. The van der Waals surface area contributed by atoms with Gasteiger partial charge in [-0.1, -0.05) is 136 Å². The monoisotopic (exact) mass is 483 g/mol. The highest BCUT2D eigenvalue weighted by Gasteiger charge is 2.17. The van der Waals surface area contributed by atoms with Crippen LogP contribution in [0.4, 0.5) is 0 Å². The number of rotatable bonds is 26. The standard InChI is InChI=1S/C30H61NO3/c1-4-6-8-10-11-12-13-14-15-16-17-18-19-21-25-31(26-29(33)27-32)30(34)24-23-28(3)22-20-9-7-5-2/h28-29,32-33H,4-27H2,1-3H3. The summed E-state index contributed by atoms with van der Waals surface area (Å²) in [6, 6.07) is 0. The van der Waals surface area contributed by atoms with Crippen LogP contribution in [0.3, 0.4) is 0 Å². The molecule has 2 unspecified atom stereocenters. The highest BCUT2D eigenvalue weighted by Crippen LogP contribution is 2.17. The van der Waals surface area contributed by atoms with Crippen LogP contribution in [0.5, 0.6) is 0 Å². The third-order valence-corrected chi connectivity index (χ3v) is 7.18. The maximum atomic E-state index is 12.8. The zero-order chi connectivity index (χ0) is 25.3. The average molecular weight is 484 g/mol. The van der Waals surface area contributed by atoms with Crippen molar-refractivity contribution in [2.75, 3.05) is 19.7 Å². The largest absolute Gasteiger partial charge is 0.394 e. The lowest BCUT2D eigenvalue weighted by Gasteiger charge is -2.25. The van der Waals surface area contributed by atoms with Crippen molar-refractivity contribution in [2.24, 2.45) is 5.92 Å². The fourth-order valence-electron chi connectivity index (χ4n) is 4.72. The number of carbonyl (C=O) groups excluding carboxylic acids is 1. The Morgan fingerprint density at radius 1 is 0.676 bits per heavy atom. The lowest BCUT2D eigenvalue weighted by atomic mass is 9.97. The molecule has 0 aliphatic heterocycles. The molecule has 0 bridgehead atoms. The molecule has 1 amide bonds. The van der Waals surface area contributed by atoms with Crippen LogP contribution >= 0.6 is 0 Å². The minimum Gasteiger partial charge on any atom is -0.394 e. The average Bonchev–Trinajstić information content (AvgIpc) is 2.84. The van der Waals surface area contributed by atoms with Crippen LogP contribution in [-0.2, 0) is 4.79 Å². The number of carbonyl (C=O) groups is 1. The Labute approximate surface area is 213 Å². The van der Waals surface area contributed by atoms with E-state index in [0.29, 0.717) is 18.9 Å². The van der Waals surface area contributed by atoms with Gasteiger partial charge in [0.1, 0.15) is 0 Å². The van der Waals surface area contributed by atoms with Crippen LogP contribution in [0.15, 0.2) is 0 Å².